The molecule has 0 radical (unpaired) electrons. The van der Waals surface area contributed by atoms with Gasteiger partial charge in [-0.15, -0.1) is 0 Å². The van der Waals surface area contributed by atoms with Gasteiger partial charge in [0.15, 0.2) is 0 Å². The van der Waals surface area contributed by atoms with Crippen LogP contribution in [0.5, 0.6) is 5.75 Å². The van der Waals surface area contributed by atoms with Gasteiger partial charge in [0.25, 0.3) is 0 Å². The summed E-state index contributed by atoms with van der Waals surface area (Å²) < 4.78 is 5.92. The van der Waals surface area contributed by atoms with Gasteiger partial charge in [-0.3, -0.25) is 4.98 Å². The van der Waals surface area contributed by atoms with Crippen LogP contribution in [0.25, 0.3) is 11.1 Å². The van der Waals surface area contributed by atoms with Crippen LogP contribution in [0.3, 0.4) is 0 Å². The van der Waals surface area contributed by atoms with Crippen molar-refractivity contribution in [2.24, 2.45) is 5.92 Å². The van der Waals surface area contributed by atoms with Gasteiger partial charge in [0.05, 0.1) is 12.2 Å². The monoisotopic (exact) mass is 307 g/mol. The SMILES string of the molecule is Cc1cc(-c2ccc(OCC3CCNCC3)c(C#N)c2)ccn1. The van der Waals surface area contributed by atoms with E-state index in [-0.39, 0.29) is 0 Å². The number of nitrogens with one attached hydrogen (secondary N) is 1. The van der Waals surface area contributed by atoms with Gasteiger partial charge in [0, 0.05) is 11.9 Å². The topological polar surface area (TPSA) is 57.9 Å². The van der Waals surface area contributed by atoms with E-state index in [1.54, 1.807) is 6.20 Å². The molecule has 2 heterocycles. The van der Waals surface area contributed by atoms with Gasteiger partial charge in [-0.2, -0.15) is 5.26 Å². The van der Waals surface area contributed by atoms with Crippen molar-refractivity contribution in [2.45, 2.75) is 19.8 Å². The molecule has 0 aliphatic carbocycles. The van der Waals surface area contributed by atoms with E-state index in [1.807, 2.05) is 37.3 Å². The zero-order chi connectivity index (χ0) is 16.1. The first-order valence-corrected chi connectivity index (χ1v) is 8.07. The average molecular weight is 307 g/mol. The summed E-state index contributed by atoms with van der Waals surface area (Å²) in [6, 6.07) is 12.0. The minimum absolute atomic E-state index is 0.574. The van der Waals surface area contributed by atoms with Crippen molar-refractivity contribution in [3.63, 3.8) is 0 Å². The number of benzene rings is 1. The predicted octanol–water partition coefficient (Wildman–Crippen LogP) is 3.31. The molecule has 0 amide bonds. The first kappa shape index (κ1) is 15.5. The highest BCUT2D eigenvalue weighted by molar-refractivity contribution is 5.67. The van der Waals surface area contributed by atoms with Crippen molar-refractivity contribution in [3.05, 3.63) is 47.8 Å². The number of nitriles is 1. The van der Waals surface area contributed by atoms with Gasteiger partial charge in [0.2, 0.25) is 0 Å². The van der Waals surface area contributed by atoms with Gasteiger partial charge in [0.1, 0.15) is 11.8 Å². The van der Waals surface area contributed by atoms with Crippen LogP contribution >= 0.6 is 0 Å². The molecule has 4 nitrogen and oxygen atoms in total. The highest BCUT2D eigenvalue weighted by Gasteiger charge is 2.15. The number of hydrogen-bond acceptors (Lipinski definition) is 4. The van der Waals surface area contributed by atoms with E-state index < -0.39 is 0 Å². The van der Waals surface area contributed by atoms with E-state index in [0.29, 0.717) is 23.8 Å². The third-order valence-electron chi connectivity index (χ3n) is 4.26. The van der Waals surface area contributed by atoms with E-state index >= 15 is 0 Å². The number of ether oxygens (including phenoxy) is 1. The van der Waals surface area contributed by atoms with Crippen LogP contribution in [0.1, 0.15) is 24.1 Å². The van der Waals surface area contributed by atoms with E-state index in [9.17, 15) is 5.26 Å². The van der Waals surface area contributed by atoms with Gasteiger partial charge < -0.3 is 10.1 Å². The fourth-order valence-corrected chi connectivity index (χ4v) is 2.90. The Morgan fingerprint density at radius 3 is 2.74 bits per heavy atom. The molecule has 23 heavy (non-hydrogen) atoms. The first-order chi connectivity index (χ1) is 11.3. The summed E-state index contributed by atoms with van der Waals surface area (Å²) in [5, 5.41) is 12.8. The van der Waals surface area contributed by atoms with Crippen molar-refractivity contribution in [1.29, 1.82) is 5.26 Å². The lowest BCUT2D eigenvalue weighted by Crippen LogP contribution is -2.30. The lowest BCUT2D eigenvalue weighted by Gasteiger charge is -2.23. The van der Waals surface area contributed by atoms with Crippen molar-refractivity contribution in [3.8, 4) is 22.9 Å². The van der Waals surface area contributed by atoms with E-state index in [2.05, 4.69) is 16.4 Å². The van der Waals surface area contributed by atoms with Crippen LogP contribution in [0.4, 0.5) is 0 Å². The Kier molecular flexibility index (Phi) is 4.89. The third-order valence-corrected chi connectivity index (χ3v) is 4.26. The van der Waals surface area contributed by atoms with Gasteiger partial charge >= 0.3 is 0 Å². The number of aryl methyl sites for hydroxylation is 1. The number of nitrogens with zero attached hydrogens (tertiary/aromatic N) is 2. The second-order valence-corrected chi connectivity index (χ2v) is 6.01. The maximum Gasteiger partial charge on any atom is 0.137 e. The average Bonchev–Trinajstić information content (AvgIpc) is 2.60. The zero-order valence-electron chi connectivity index (χ0n) is 13.4. The molecule has 0 saturated carbocycles. The fraction of sp³-hybridized carbons (Fsp3) is 0.368. The number of rotatable bonds is 4. The van der Waals surface area contributed by atoms with E-state index in [1.165, 1.54) is 0 Å². The minimum Gasteiger partial charge on any atom is -0.492 e. The Balaban J connectivity index is 1.76. The summed E-state index contributed by atoms with van der Waals surface area (Å²) in [5.74, 6) is 1.26. The van der Waals surface area contributed by atoms with Crippen molar-refractivity contribution in [1.82, 2.24) is 10.3 Å². The second kappa shape index (κ2) is 7.26. The molecule has 4 heteroatoms. The molecule has 0 bridgehead atoms. The summed E-state index contributed by atoms with van der Waals surface area (Å²) in [5.41, 5.74) is 3.64. The molecule has 0 atom stereocenters. The quantitative estimate of drug-likeness (QED) is 0.941. The molecule has 118 valence electrons. The normalized spacial score (nSPS) is 15.1. The van der Waals surface area contributed by atoms with Crippen LogP contribution in [0, 0.1) is 24.2 Å². The lowest BCUT2D eigenvalue weighted by atomic mass is 9.99. The van der Waals surface area contributed by atoms with Gasteiger partial charge in [-0.05, 0) is 74.2 Å². The van der Waals surface area contributed by atoms with Crippen LogP contribution in [0.15, 0.2) is 36.5 Å². The van der Waals surface area contributed by atoms with Crippen LogP contribution in [-0.4, -0.2) is 24.7 Å². The number of aromatic nitrogens is 1. The molecule has 2 aromatic rings. The molecular weight excluding hydrogens is 286 g/mol. The Morgan fingerprint density at radius 1 is 1.22 bits per heavy atom. The molecule has 3 rings (SSSR count). The third kappa shape index (κ3) is 3.88. The molecular formula is C19H21N3O. The molecule has 0 unspecified atom stereocenters. The molecule has 1 saturated heterocycles. The Labute approximate surface area is 137 Å². The van der Waals surface area contributed by atoms with Crippen LogP contribution in [-0.2, 0) is 0 Å². The first-order valence-electron chi connectivity index (χ1n) is 8.07. The molecule has 1 aromatic carbocycles. The summed E-state index contributed by atoms with van der Waals surface area (Å²) in [6.45, 7) is 4.76. The molecule has 1 aliphatic heterocycles. The Bertz CT molecular complexity index is 715. The molecule has 0 spiro atoms. The molecule has 1 aliphatic rings. The maximum absolute atomic E-state index is 9.43. The summed E-state index contributed by atoms with van der Waals surface area (Å²) >= 11 is 0. The molecule has 1 fully saturated rings. The number of hydrogen-bond donors (Lipinski definition) is 1. The zero-order valence-corrected chi connectivity index (χ0v) is 13.4. The fourth-order valence-electron chi connectivity index (χ4n) is 2.90. The highest BCUT2D eigenvalue weighted by atomic mass is 16.5. The van der Waals surface area contributed by atoms with Gasteiger partial charge in [-0.1, -0.05) is 6.07 Å². The molecule has 1 aromatic heterocycles. The minimum atomic E-state index is 0.574. The smallest absolute Gasteiger partial charge is 0.137 e. The highest BCUT2D eigenvalue weighted by Crippen LogP contribution is 2.27. The molecule has 1 N–H and O–H groups in total. The second-order valence-electron chi connectivity index (χ2n) is 6.01. The maximum atomic E-state index is 9.43. The number of pyridine rings is 1. The van der Waals surface area contributed by atoms with Crippen molar-refractivity contribution < 1.29 is 4.74 Å². The van der Waals surface area contributed by atoms with Crippen LogP contribution in [0.2, 0.25) is 0 Å². The Hall–Kier alpha value is -2.38. The largest absolute Gasteiger partial charge is 0.492 e. The predicted molar refractivity (Wildman–Crippen MR) is 90.2 cm³/mol. The summed E-state index contributed by atoms with van der Waals surface area (Å²) in [7, 11) is 0. The van der Waals surface area contributed by atoms with Crippen molar-refractivity contribution in [2.75, 3.05) is 19.7 Å². The summed E-state index contributed by atoms with van der Waals surface area (Å²) in [6.07, 6.45) is 4.06. The summed E-state index contributed by atoms with van der Waals surface area (Å²) in [4.78, 5) is 4.21. The van der Waals surface area contributed by atoms with Crippen molar-refractivity contribution >= 4 is 0 Å². The van der Waals surface area contributed by atoms with E-state index in [0.717, 1.165) is 42.8 Å². The van der Waals surface area contributed by atoms with E-state index in [4.69, 9.17) is 4.74 Å². The standard InChI is InChI=1S/C19H21N3O/c1-14-10-17(6-9-22-14)16-2-3-19(18(11-16)12-20)23-13-15-4-7-21-8-5-15/h2-3,6,9-11,15,21H,4-5,7-8,13H2,1H3. The van der Waals surface area contributed by atoms with Crippen LogP contribution < -0.4 is 10.1 Å². The number of piperidine rings is 1. The Morgan fingerprint density at radius 2 is 2.00 bits per heavy atom. The van der Waals surface area contributed by atoms with Gasteiger partial charge in [-0.25, -0.2) is 0 Å². The lowest BCUT2D eigenvalue weighted by molar-refractivity contribution is 0.215.